The Bertz CT molecular complexity index is 732. The number of rotatable bonds is 5. The van der Waals surface area contributed by atoms with Gasteiger partial charge in [0.15, 0.2) is 0 Å². The molecule has 0 aliphatic carbocycles. The molecule has 0 atom stereocenters. The molecule has 23 heavy (non-hydrogen) atoms. The summed E-state index contributed by atoms with van der Waals surface area (Å²) in [7, 11) is 0. The van der Waals surface area contributed by atoms with Gasteiger partial charge in [0.2, 0.25) is 5.91 Å². The summed E-state index contributed by atoms with van der Waals surface area (Å²) >= 11 is 0. The molecule has 0 spiro atoms. The van der Waals surface area contributed by atoms with E-state index >= 15 is 0 Å². The van der Waals surface area contributed by atoms with Crippen LogP contribution in [0.2, 0.25) is 0 Å². The highest BCUT2D eigenvalue weighted by atomic mass is 19.1. The van der Waals surface area contributed by atoms with Gasteiger partial charge in [0.25, 0.3) is 5.91 Å². The van der Waals surface area contributed by atoms with Crippen LogP contribution in [-0.2, 0) is 4.79 Å². The van der Waals surface area contributed by atoms with Crippen molar-refractivity contribution in [3.05, 3.63) is 60.2 Å². The highest BCUT2D eigenvalue weighted by Gasteiger charge is 2.07. The topological polar surface area (TPSA) is 83.4 Å². The molecule has 0 aliphatic rings. The van der Waals surface area contributed by atoms with Crippen molar-refractivity contribution in [1.29, 1.82) is 0 Å². The summed E-state index contributed by atoms with van der Waals surface area (Å²) in [6.07, 6.45) is 3.14. The number of hydrogen-bond acceptors (Lipinski definition) is 4. The second-order valence-electron chi connectivity index (χ2n) is 4.77. The summed E-state index contributed by atoms with van der Waals surface area (Å²) in [6, 6.07) is 8.67. The van der Waals surface area contributed by atoms with Crippen LogP contribution in [0.5, 0.6) is 0 Å². The van der Waals surface area contributed by atoms with Crippen LogP contribution in [0.4, 0.5) is 10.1 Å². The number of amides is 2. The van der Waals surface area contributed by atoms with Gasteiger partial charge in [-0.2, -0.15) is 5.10 Å². The van der Waals surface area contributed by atoms with Gasteiger partial charge in [-0.05, 0) is 37.3 Å². The minimum Gasteiger partial charge on any atom is -0.324 e. The van der Waals surface area contributed by atoms with E-state index in [0.717, 1.165) is 6.07 Å². The standard InChI is InChI=1S/C16H15FN4O2/c1-11(8-15(22)19-14-6-3-7-18-10-14)20-21-16(23)12-4-2-5-13(17)9-12/h2-7,9-10H,8H2,1H3,(H,19,22)(H,21,23)/b20-11-. The minimum atomic E-state index is -0.545. The molecule has 0 bridgehead atoms. The Morgan fingerprint density at radius 3 is 2.78 bits per heavy atom. The average Bonchev–Trinajstić information content (AvgIpc) is 2.53. The fourth-order valence-electron chi connectivity index (χ4n) is 1.75. The van der Waals surface area contributed by atoms with Gasteiger partial charge in [-0.25, -0.2) is 9.82 Å². The first-order valence-corrected chi connectivity index (χ1v) is 6.83. The smallest absolute Gasteiger partial charge is 0.271 e. The lowest BCUT2D eigenvalue weighted by molar-refractivity contribution is -0.115. The maximum atomic E-state index is 13.0. The van der Waals surface area contributed by atoms with Crippen LogP contribution < -0.4 is 10.7 Å². The van der Waals surface area contributed by atoms with E-state index in [2.05, 4.69) is 20.8 Å². The average molecular weight is 314 g/mol. The van der Waals surface area contributed by atoms with Gasteiger partial charge < -0.3 is 5.32 Å². The highest BCUT2D eigenvalue weighted by Crippen LogP contribution is 2.04. The number of benzene rings is 1. The van der Waals surface area contributed by atoms with E-state index in [1.807, 2.05) is 0 Å². The SMILES string of the molecule is C/C(CC(=O)Nc1cccnc1)=N/NC(=O)c1cccc(F)c1. The first-order valence-electron chi connectivity index (χ1n) is 6.83. The highest BCUT2D eigenvalue weighted by molar-refractivity contribution is 6.06. The summed E-state index contributed by atoms with van der Waals surface area (Å²) < 4.78 is 13.0. The summed E-state index contributed by atoms with van der Waals surface area (Å²) in [6.45, 7) is 1.61. The first kappa shape index (κ1) is 16.3. The van der Waals surface area contributed by atoms with Crippen molar-refractivity contribution in [3.63, 3.8) is 0 Å². The number of nitrogens with zero attached hydrogens (tertiary/aromatic N) is 2. The summed E-state index contributed by atoms with van der Waals surface area (Å²) in [5, 5.41) is 6.48. The van der Waals surface area contributed by atoms with E-state index < -0.39 is 11.7 Å². The lowest BCUT2D eigenvalue weighted by Crippen LogP contribution is -2.21. The molecule has 1 heterocycles. The number of nitrogens with one attached hydrogen (secondary N) is 2. The zero-order chi connectivity index (χ0) is 16.7. The van der Waals surface area contributed by atoms with E-state index in [4.69, 9.17) is 0 Å². The molecule has 0 radical (unpaired) electrons. The van der Waals surface area contributed by atoms with Crippen molar-refractivity contribution in [2.45, 2.75) is 13.3 Å². The number of carbonyl (C=O) groups excluding carboxylic acids is 2. The first-order chi connectivity index (χ1) is 11.0. The molecule has 1 aromatic carbocycles. The van der Waals surface area contributed by atoms with E-state index in [1.165, 1.54) is 24.4 Å². The Morgan fingerprint density at radius 1 is 1.26 bits per heavy atom. The maximum Gasteiger partial charge on any atom is 0.271 e. The second kappa shape index (κ2) is 7.79. The van der Waals surface area contributed by atoms with E-state index in [-0.39, 0.29) is 17.9 Å². The predicted octanol–water partition coefficient (Wildman–Crippen LogP) is 2.36. The van der Waals surface area contributed by atoms with Crippen LogP contribution >= 0.6 is 0 Å². The Hall–Kier alpha value is -3.09. The van der Waals surface area contributed by atoms with Crippen molar-refractivity contribution < 1.29 is 14.0 Å². The third-order valence-electron chi connectivity index (χ3n) is 2.80. The Labute approximate surface area is 132 Å². The summed E-state index contributed by atoms with van der Waals surface area (Å²) in [5.41, 5.74) is 3.43. The molecule has 0 saturated carbocycles. The lowest BCUT2D eigenvalue weighted by Gasteiger charge is -2.05. The van der Waals surface area contributed by atoms with Crippen LogP contribution in [0, 0.1) is 5.82 Å². The molecule has 7 heteroatoms. The van der Waals surface area contributed by atoms with E-state index in [0.29, 0.717) is 11.4 Å². The van der Waals surface area contributed by atoms with Crippen molar-refractivity contribution in [2.24, 2.45) is 5.10 Å². The Kier molecular flexibility index (Phi) is 5.51. The normalized spacial score (nSPS) is 11.0. The molecular formula is C16H15FN4O2. The number of pyridine rings is 1. The molecule has 2 rings (SSSR count). The maximum absolute atomic E-state index is 13.0. The zero-order valence-electron chi connectivity index (χ0n) is 12.4. The van der Waals surface area contributed by atoms with Gasteiger partial charge in [0.1, 0.15) is 5.82 Å². The number of aromatic nitrogens is 1. The molecule has 0 saturated heterocycles. The molecule has 2 aromatic rings. The van der Waals surface area contributed by atoms with Crippen molar-refractivity contribution in [2.75, 3.05) is 5.32 Å². The number of anilines is 1. The largest absolute Gasteiger partial charge is 0.324 e. The summed E-state index contributed by atoms with van der Waals surface area (Å²) in [4.78, 5) is 27.5. The third kappa shape index (κ3) is 5.31. The van der Waals surface area contributed by atoms with E-state index in [1.54, 1.807) is 25.3 Å². The number of carbonyl (C=O) groups is 2. The lowest BCUT2D eigenvalue weighted by atomic mass is 10.2. The van der Waals surface area contributed by atoms with Crippen molar-refractivity contribution in [3.8, 4) is 0 Å². The van der Waals surface area contributed by atoms with Gasteiger partial charge >= 0.3 is 0 Å². The van der Waals surface area contributed by atoms with Gasteiger partial charge in [0, 0.05) is 17.5 Å². The van der Waals surface area contributed by atoms with E-state index in [9.17, 15) is 14.0 Å². The third-order valence-corrected chi connectivity index (χ3v) is 2.80. The van der Waals surface area contributed by atoms with Gasteiger partial charge in [-0.3, -0.25) is 14.6 Å². The van der Waals surface area contributed by atoms with Crippen LogP contribution in [0.3, 0.4) is 0 Å². The van der Waals surface area contributed by atoms with Crippen molar-refractivity contribution >= 4 is 23.2 Å². The van der Waals surface area contributed by atoms with Gasteiger partial charge in [-0.1, -0.05) is 6.07 Å². The number of hydrogen-bond donors (Lipinski definition) is 2. The Balaban J connectivity index is 1.87. The quantitative estimate of drug-likeness (QED) is 0.656. The minimum absolute atomic E-state index is 0.0122. The fourth-order valence-corrected chi connectivity index (χ4v) is 1.75. The summed E-state index contributed by atoms with van der Waals surface area (Å²) in [5.74, 6) is -1.33. The zero-order valence-corrected chi connectivity index (χ0v) is 12.4. The number of hydrazone groups is 1. The number of halogens is 1. The van der Waals surface area contributed by atoms with Crippen molar-refractivity contribution in [1.82, 2.24) is 10.4 Å². The molecule has 0 aliphatic heterocycles. The fraction of sp³-hybridized carbons (Fsp3) is 0.125. The molecule has 118 valence electrons. The predicted molar refractivity (Wildman–Crippen MR) is 84.5 cm³/mol. The van der Waals surface area contributed by atoms with Gasteiger partial charge in [-0.15, -0.1) is 0 Å². The van der Waals surface area contributed by atoms with Crippen LogP contribution in [0.1, 0.15) is 23.7 Å². The molecule has 0 unspecified atom stereocenters. The Morgan fingerprint density at radius 2 is 2.09 bits per heavy atom. The molecule has 0 fully saturated rings. The second-order valence-corrected chi connectivity index (χ2v) is 4.77. The molecule has 1 aromatic heterocycles. The monoisotopic (exact) mass is 314 g/mol. The van der Waals surface area contributed by atoms with Crippen LogP contribution in [-0.4, -0.2) is 22.5 Å². The molecule has 6 nitrogen and oxygen atoms in total. The van der Waals surface area contributed by atoms with Crippen LogP contribution in [0.25, 0.3) is 0 Å². The molecule has 2 amide bonds. The molecule has 2 N–H and O–H groups in total. The van der Waals surface area contributed by atoms with Crippen LogP contribution in [0.15, 0.2) is 53.9 Å². The molecular weight excluding hydrogens is 299 g/mol. The van der Waals surface area contributed by atoms with Gasteiger partial charge in [0.05, 0.1) is 18.3 Å².